The SMILES string of the molecule is O=C(CCC(=O)NC1CCCCC1)NCC1CCCO1. The number of carbonyl (C=O) groups excluding carboxylic acids is 2. The standard InChI is InChI=1S/C15H26N2O3/c18-14(16-11-13-7-4-10-20-13)8-9-15(19)17-12-5-2-1-3-6-12/h12-13H,1-11H2,(H,16,18)(H,17,19). The molecule has 2 amide bonds. The van der Waals surface area contributed by atoms with E-state index in [1.54, 1.807) is 0 Å². The number of ether oxygens (including phenoxy) is 1. The zero-order chi connectivity index (χ0) is 14.2. The molecule has 0 aromatic carbocycles. The summed E-state index contributed by atoms with van der Waals surface area (Å²) in [6.07, 6.45) is 8.65. The molecule has 2 N–H and O–H groups in total. The van der Waals surface area contributed by atoms with E-state index in [2.05, 4.69) is 10.6 Å². The van der Waals surface area contributed by atoms with Crippen LogP contribution in [0.4, 0.5) is 0 Å². The largest absolute Gasteiger partial charge is 0.376 e. The Bertz CT molecular complexity index is 321. The fourth-order valence-corrected chi connectivity index (χ4v) is 2.90. The Kier molecular flexibility index (Phi) is 6.30. The summed E-state index contributed by atoms with van der Waals surface area (Å²) < 4.78 is 5.44. The summed E-state index contributed by atoms with van der Waals surface area (Å²) in [5.74, 6) is -0.0524. The first-order valence-corrected chi connectivity index (χ1v) is 7.91. The van der Waals surface area contributed by atoms with Gasteiger partial charge in [0.1, 0.15) is 0 Å². The van der Waals surface area contributed by atoms with Crippen LogP contribution in [0.5, 0.6) is 0 Å². The molecule has 2 fully saturated rings. The second-order valence-corrected chi connectivity index (χ2v) is 5.84. The van der Waals surface area contributed by atoms with Crippen LogP contribution in [0.25, 0.3) is 0 Å². The van der Waals surface area contributed by atoms with Crippen LogP contribution in [0.15, 0.2) is 0 Å². The molecule has 1 saturated heterocycles. The molecular weight excluding hydrogens is 256 g/mol. The first-order chi connectivity index (χ1) is 9.74. The summed E-state index contributed by atoms with van der Waals surface area (Å²) in [4.78, 5) is 23.4. The van der Waals surface area contributed by atoms with Crippen LogP contribution in [-0.2, 0) is 14.3 Å². The zero-order valence-corrected chi connectivity index (χ0v) is 12.2. The van der Waals surface area contributed by atoms with Crippen LogP contribution < -0.4 is 10.6 Å². The second kappa shape index (κ2) is 8.25. The van der Waals surface area contributed by atoms with Crippen LogP contribution >= 0.6 is 0 Å². The van der Waals surface area contributed by atoms with Gasteiger partial charge in [0.05, 0.1) is 6.10 Å². The van der Waals surface area contributed by atoms with Crippen molar-refractivity contribution < 1.29 is 14.3 Å². The lowest BCUT2D eigenvalue weighted by molar-refractivity contribution is -0.127. The lowest BCUT2D eigenvalue weighted by Crippen LogP contribution is -2.37. The molecule has 0 aromatic rings. The molecule has 1 atom stereocenters. The van der Waals surface area contributed by atoms with E-state index in [1.807, 2.05) is 0 Å². The van der Waals surface area contributed by atoms with Crippen molar-refractivity contribution in [1.29, 1.82) is 0 Å². The summed E-state index contributed by atoms with van der Waals surface area (Å²) in [5, 5.41) is 5.87. The van der Waals surface area contributed by atoms with Gasteiger partial charge in [0.2, 0.25) is 11.8 Å². The third-order valence-electron chi connectivity index (χ3n) is 4.10. The molecular formula is C15H26N2O3. The van der Waals surface area contributed by atoms with Crippen molar-refractivity contribution in [2.75, 3.05) is 13.2 Å². The van der Waals surface area contributed by atoms with Crippen molar-refractivity contribution in [3.8, 4) is 0 Å². The van der Waals surface area contributed by atoms with Gasteiger partial charge in [-0.05, 0) is 25.7 Å². The van der Waals surface area contributed by atoms with E-state index in [-0.39, 0.29) is 30.8 Å². The van der Waals surface area contributed by atoms with Crippen molar-refractivity contribution in [3.63, 3.8) is 0 Å². The predicted molar refractivity (Wildman–Crippen MR) is 76.2 cm³/mol. The summed E-state index contributed by atoms with van der Waals surface area (Å²) >= 11 is 0. The first-order valence-electron chi connectivity index (χ1n) is 7.91. The summed E-state index contributed by atoms with van der Waals surface area (Å²) in [6, 6.07) is 0.325. The highest BCUT2D eigenvalue weighted by Gasteiger charge is 2.18. The van der Waals surface area contributed by atoms with E-state index in [4.69, 9.17) is 4.74 Å². The number of hydrogen-bond donors (Lipinski definition) is 2. The van der Waals surface area contributed by atoms with E-state index in [1.165, 1.54) is 19.3 Å². The van der Waals surface area contributed by atoms with Gasteiger partial charge in [-0.1, -0.05) is 19.3 Å². The topological polar surface area (TPSA) is 67.4 Å². The quantitative estimate of drug-likeness (QED) is 0.776. The average molecular weight is 282 g/mol. The van der Waals surface area contributed by atoms with Crippen LogP contribution in [0.3, 0.4) is 0 Å². The van der Waals surface area contributed by atoms with E-state index in [0.29, 0.717) is 12.6 Å². The number of carbonyl (C=O) groups is 2. The molecule has 2 rings (SSSR count). The highest BCUT2D eigenvalue weighted by Crippen LogP contribution is 2.17. The van der Waals surface area contributed by atoms with Crippen molar-refractivity contribution in [2.24, 2.45) is 0 Å². The van der Waals surface area contributed by atoms with Crippen molar-refractivity contribution >= 4 is 11.8 Å². The Labute approximate surface area is 120 Å². The van der Waals surface area contributed by atoms with E-state index >= 15 is 0 Å². The third-order valence-corrected chi connectivity index (χ3v) is 4.10. The molecule has 5 heteroatoms. The van der Waals surface area contributed by atoms with Gasteiger partial charge in [-0.25, -0.2) is 0 Å². The molecule has 1 aliphatic carbocycles. The van der Waals surface area contributed by atoms with Gasteiger partial charge in [-0.2, -0.15) is 0 Å². The number of amides is 2. The molecule has 5 nitrogen and oxygen atoms in total. The Morgan fingerprint density at radius 3 is 2.40 bits per heavy atom. The molecule has 1 saturated carbocycles. The molecule has 0 radical (unpaired) electrons. The number of hydrogen-bond acceptors (Lipinski definition) is 3. The van der Waals surface area contributed by atoms with Gasteiger partial charge in [-0.15, -0.1) is 0 Å². The van der Waals surface area contributed by atoms with Crippen molar-refractivity contribution in [1.82, 2.24) is 10.6 Å². The summed E-state index contributed by atoms with van der Waals surface area (Å²) in [5.41, 5.74) is 0. The average Bonchev–Trinajstić information content (AvgIpc) is 2.97. The fraction of sp³-hybridized carbons (Fsp3) is 0.867. The van der Waals surface area contributed by atoms with Crippen LogP contribution in [-0.4, -0.2) is 37.1 Å². The molecule has 114 valence electrons. The minimum Gasteiger partial charge on any atom is -0.376 e. The third kappa shape index (κ3) is 5.49. The minimum absolute atomic E-state index is 0.00386. The highest BCUT2D eigenvalue weighted by molar-refractivity contribution is 5.83. The van der Waals surface area contributed by atoms with Gasteiger partial charge in [-0.3, -0.25) is 9.59 Å². The van der Waals surface area contributed by atoms with Gasteiger partial charge in [0.25, 0.3) is 0 Å². The molecule has 0 aromatic heterocycles. The second-order valence-electron chi connectivity index (χ2n) is 5.84. The number of nitrogens with one attached hydrogen (secondary N) is 2. The monoisotopic (exact) mass is 282 g/mol. The predicted octanol–water partition coefficient (Wildman–Crippen LogP) is 1.51. The maximum absolute atomic E-state index is 11.8. The van der Waals surface area contributed by atoms with Gasteiger partial charge in [0.15, 0.2) is 0 Å². The van der Waals surface area contributed by atoms with Crippen LogP contribution in [0.2, 0.25) is 0 Å². The Hall–Kier alpha value is -1.10. The van der Waals surface area contributed by atoms with Crippen molar-refractivity contribution in [2.45, 2.75) is 69.9 Å². The summed E-state index contributed by atoms with van der Waals surface area (Å²) in [6.45, 7) is 1.37. The molecule has 1 heterocycles. The minimum atomic E-state index is -0.0562. The Balaban J connectivity index is 1.53. The molecule has 2 aliphatic rings. The normalized spacial score (nSPS) is 23.5. The van der Waals surface area contributed by atoms with Gasteiger partial charge >= 0.3 is 0 Å². The molecule has 0 bridgehead atoms. The zero-order valence-electron chi connectivity index (χ0n) is 12.2. The van der Waals surface area contributed by atoms with Gasteiger partial charge in [0, 0.05) is 32.0 Å². The van der Waals surface area contributed by atoms with E-state index < -0.39 is 0 Å². The molecule has 20 heavy (non-hydrogen) atoms. The van der Waals surface area contributed by atoms with Crippen molar-refractivity contribution in [3.05, 3.63) is 0 Å². The van der Waals surface area contributed by atoms with Crippen LogP contribution in [0, 0.1) is 0 Å². The van der Waals surface area contributed by atoms with E-state index in [0.717, 1.165) is 32.3 Å². The maximum atomic E-state index is 11.8. The first kappa shape index (κ1) is 15.3. The fourth-order valence-electron chi connectivity index (χ4n) is 2.90. The lowest BCUT2D eigenvalue weighted by Gasteiger charge is -2.22. The van der Waals surface area contributed by atoms with Gasteiger partial charge < -0.3 is 15.4 Å². The van der Waals surface area contributed by atoms with Crippen LogP contribution in [0.1, 0.15) is 57.8 Å². The maximum Gasteiger partial charge on any atom is 0.220 e. The molecule has 1 aliphatic heterocycles. The Morgan fingerprint density at radius 1 is 0.950 bits per heavy atom. The smallest absolute Gasteiger partial charge is 0.220 e. The highest BCUT2D eigenvalue weighted by atomic mass is 16.5. The lowest BCUT2D eigenvalue weighted by atomic mass is 9.95. The molecule has 1 unspecified atom stereocenters. The van der Waals surface area contributed by atoms with E-state index in [9.17, 15) is 9.59 Å². The number of rotatable bonds is 6. The molecule has 0 spiro atoms. The summed E-state index contributed by atoms with van der Waals surface area (Å²) in [7, 11) is 0. The Morgan fingerprint density at radius 2 is 1.70 bits per heavy atom.